The molecular formula is C13H17N3O. The first-order chi connectivity index (χ1) is 8.40. The number of rotatable bonds is 2. The zero-order valence-corrected chi connectivity index (χ0v) is 9.76. The summed E-state index contributed by atoms with van der Waals surface area (Å²) in [5, 5.41) is 12.8. The summed E-state index contributed by atoms with van der Waals surface area (Å²) in [6.07, 6.45) is 2.21. The number of piperidine rings is 1. The topological polar surface area (TPSA) is 50.1 Å². The van der Waals surface area contributed by atoms with E-state index in [-0.39, 0.29) is 6.61 Å². The molecule has 0 bridgehead atoms. The van der Waals surface area contributed by atoms with Crippen LogP contribution < -0.4 is 5.32 Å². The molecule has 90 valence electrons. The number of aromatic nitrogens is 2. The van der Waals surface area contributed by atoms with E-state index in [0.717, 1.165) is 42.8 Å². The van der Waals surface area contributed by atoms with Crippen LogP contribution in [0.25, 0.3) is 11.0 Å². The van der Waals surface area contributed by atoms with E-state index in [2.05, 4.69) is 20.9 Å². The van der Waals surface area contributed by atoms with E-state index in [1.165, 1.54) is 0 Å². The van der Waals surface area contributed by atoms with Crippen LogP contribution in [-0.2, 0) is 6.61 Å². The van der Waals surface area contributed by atoms with Crippen LogP contribution in [0.4, 0.5) is 0 Å². The van der Waals surface area contributed by atoms with Crippen molar-refractivity contribution < 1.29 is 5.11 Å². The summed E-state index contributed by atoms with van der Waals surface area (Å²) in [5.41, 5.74) is 2.12. The lowest BCUT2D eigenvalue weighted by atomic mass is 10.1. The van der Waals surface area contributed by atoms with Gasteiger partial charge in [0.25, 0.3) is 0 Å². The van der Waals surface area contributed by atoms with E-state index in [4.69, 9.17) is 0 Å². The molecule has 1 fully saturated rings. The van der Waals surface area contributed by atoms with Gasteiger partial charge in [-0.2, -0.15) is 0 Å². The maximum atomic E-state index is 9.45. The van der Waals surface area contributed by atoms with Crippen molar-refractivity contribution in [3.63, 3.8) is 0 Å². The normalized spacial score (nSPS) is 17.7. The Labute approximate surface area is 100 Å². The fourth-order valence-corrected chi connectivity index (χ4v) is 2.68. The highest BCUT2D eigenvalue weighted by Gasteiger charge is 2.20. The summed E-state index contributed by atoms with van der Waals surface area (Å²) in [4.78, 5) is 4.50. The van der Waals surface area contributed by atoms with Crippen molar-refractivity contribution in [2.45, 2.75) is 25.5 Å². The highest BCUT2D eigenvalue weighted by molar-refractivity contribution is 5.76. The monoisotopic (exact) mass is 231 g/mol. The lowest BCUT2D eigenvalue weighted by Crippen LogP contribution is -2.30. The van der Waals surface area contributed by atoms with E-state index >= 15 is 0 Å². The highest BCUT2D eigenvalue weighted by Crippen LogP contribution is 2.26. The predicted molar refractivity (Wildman–Crippen MR) is 66.8 cm³/mol. The Morgan fingerprint density at radius 1 is 1.29 bits per heavy atom. The molecule has 17 heavy (non-hydrogen) atoms. The Kier molecular flexibility index (Phi) is 2.82. The van der Waals surface area contributed by atoms with Gasteiger partial charge in [0.2, 0.25) is 0 Å². The van der Waals surface area contributed by atoms with E-state index in [9.17, 15) is 5.11 Å². The van der Waals surface area contributed by atoms with Gasteiger partial charge in [0.05, 0.1) is 11.0 Å². The van der Waals surface area contributed by atoms with Crippen LogP contribution in [-0.4, -0.2) is 27.7 Å². The van der Waals surface area contributed by atoms with Gasteiger partial charge in [-0.1, -0.05) is 12.1 Å². The molecule has 0 atom stereocenters. The fraction of sp³-hybridized carbons (Fsp3) is 0.462. The Morgan fingerprint density at radius 2 is 2.06 bits per heavy atom. The molecule has 1 aliphatic heterocycles. The van der Waals surface area contributed by atoms with Crippen molar-refractivity contribution in [3.05, 3.63) is 30.1 Å². The average molecular weight is 231 g/mol. The quantitative estimate of drug-likeness (QED) is 0.822. The number of hydrogen-bond donors (Lipinski definition) is 2. The predicted octanol–water partition coefficient (Wildman–Crippen LogP) is 1.45. The Morgan fingerprint density at radius 3 is 2.82 bits per heavy atom. The summed E-state index contributed by atoms with van der Waals surface area (Å²) in [6, 6.07) is 8.58. The average Bonchev–Trinajstić information content (AvgIpc) is 2.78. The standard InChI is InChI=1S/C13H17N3O/c17-9-13-15-11-3-1-2-4-12(11)16(13)10-5-7-14-8-6-10/h1-4,10,14,17H,5-9H2. The molecule has 2 aromatic rings. The molecule has 2 heterocycles. The number of benzene rings is 1. The minimum Gasteiger partial charge on any atom is -0.388 e. The third-order valence-corrected chi connectivity index (χ3v) is 3.48. The Balaban J connectivity index is 2.11. The zero-order chi connectivity index (χ0) is 11.7. The SMILES string of the molecule is OCc1nc2ccccc2n1C1CCNCC1. The van der Waals surface area contributed by atoms with Gasteiger partial charge in [-0.15, -0.1) is 0 Å². The number of nitrogens with one attached hydrogen (secondary N) is 1. The van der Waals surface area contributed by atoms with Gasteiger partial charge in [-0.25, -0.2) is 4.98 Å². The first kappa shape index (κ1) is 10.7. The molecule has 0 aliphatic carbocycles. The largest absolute Gasteiger partial charge is 0.388 e. The van der Waals surface area contributed by atoms with Crippen LogP contribution >= 0.6 is 0 Å². The molecular weight excluding hydrogens is 214 g/mol. The second kappa shape index (κ2) is 4.47. The second-order valence-corrected chi connectivity index (χ2v) is 4.53. The summed E-state index contributed by atoms with van der Waals surface area (Å²) < 4.78 is 2.22. The number of fused-ring (bicyclic) bond motifs is 1. The summed E-state index contributed by atoms with van der Waals surface area (Å²) in [5.74, 6) is 0.790. The van der Waals surface area contributed by atoms with Gasteiger partial charge in [-0.05, 0) is 38.1 Å². The van der Waals surface area contributed by atoms with Crippen LogP contribution in [0.15, 0.2) is 24.3 Å². The number of para-hydroxylation sites is 2. The van der Waals surface area contributed by atoms with Gasteiger partial charge < -0.3 is 15.0 Å². The van der Waals surface area contributed by atoms with Gasteiger partial charge in [0.15, 0.2) is 0 Å². The number of hydrogen-bond acceptors (Lipinski definition) is 3. The summed E-state index contributed by atoms with van der Waals surface area (Å²) >= 11 is 0. The molecule has 4 heteroatoms. The van der Waals surface area contributed by atoms with Crippen molar-refractivity contribution in [3.8, 4) is 0 Å². The van der Waals surface area contributed by atoms with Crippen LogP contribution in [0, 0.1) is 0 Å². The zero-order valence-electron chi connectivity index (χ0n) is 9.76. The molecule has 1 aromatic carbocycles. The van der Waals surface area contributed by atoms with Crippen molar-refractivity contribution in [2.24, 2.45) is 0 Å². The minimum atomic E-state index is 0.0125. The molecule has 1 aliphatic rings. The molecule has 3 rings (SSSR count). The molecule has 2 N–H and O–H groups in total. The lowest BCUT2D eigenvalue weighted by Gasteiger charge is -2.26. The summed E-state index contributed by atoms with van der Waals surface area (Å²) in [7, 11) is 0. The Bertz CT molecular complexity index is 514. The van der Waals surface area contributed by atoms with Crippen molar-refractivity contribution in [1.29, 1.82) is 0 Å². The molecule has 0 amide bonds. The van der Waals surface area contributed by atoms with E-state index in [1.54, 1.807) is 0 Å². The maximum absolute atomic E-state index is 9.45. The van der Waals surface area contributed by atoms with Crippen LogP contribution in [0.1, 0.15) is 24.7 Å². The third-order valence-electron chi connectivity index (χ3n) is 3.48. The molecule has 0 radical (unpaired) electrons. The van der Waals surface area contributed by atoms with Crippen molar-refractivity contribution >= 4 is 11.0 Å². The summed E-state index contributed by atoms with van der Waals surface area (Å²) in [6.45, 7) is 2.10. The smallest absolute Gasteiger partial charge is 0.135 e. The first-order valence-corrected chi connectivity index (χ1v) is 6.17. The number of imidazole rings is 1. The van der Waals surface area contributed by atoms with Gasteiger partial charge in [-0.3, -0.25) is 0 Å². The lowest BCUT2D eigenvalue weighted by molar-refractivity contribution is 0.255. The van der Waals surface area contributed by atoms with Gasteiger partial charge in [0, 0.05) is 6.04 Å². The third kappa shape index (κ3) is 1.83. The molecule has 0 spiro atoms. The minimum absolute atomic E-state index is 0.0125. The van der Waals surface area contributed by atoms with Gasteiger partial charge >= 0.3 is 0 Å². The van der Waals surface area contributed by atoms with Crippen molar-refractivity contribution in [2.75, 3.05) is 13.1 Å². The van der Waals surface area contributed by atoms with E-state index in [0.29, 0.717) is 6.04 Å². The van der Waals surface area contributed by atoms with Crippen molar-refractivity contribution in [1.82, 2.24) is 14.9 Å². The molecule has 0 saturated carbocycles. The highest BCUT2D eigenvalue weighted by atomic mass is 16.3. The first-order valence-electron chi connectivity index (χ1n) is 6.17. The molecule has 1 aromatic heterocycles. The van der Waals surface area contributed by atoms with E-state index in [1.807, 2.05) is 18.2 Å². The number of nitrogens with zero attached hydrogens (tertiary/aromatic N) is 2. The second-order valence-electron chi connectivity index (χ2n) is 4.53. The fourth-order valence-electron chi connectivity index (χ4n) is 2.68. The number of aliphatic hydroxyl groups is 1. The Hall–Kier alpha value is -1.39. The van der Waals surface area contributed by atoms with Crippen LogP contribution in [0.2, 0.25) is 0 Å². The molecule has 0 unspecified atom stereocenters. The van der Waals surface area contributed by atoms with Crippen LogP contribution in [0.3, 0.4) is 0 Å². The van der Waals surface area contributed by atoms with E-state index < -0.39 is 0 Å². The molecule has 1 saturated heterocycles. The van der Waals surface area contributed by atoms with Gasteiger partial charge in [0.1, 0.15) is 12.4 Å². The number of aliphatic hydroxyl groups excluding tert-OH is 1. The molecule has 4 nitrogen and oxygen atoms in total. The van der Waals surface area contributed by atoms with Crippen LogP contribution in [0.5, 0.6) is 0 Å². The maximum Gasteiger partial charge on any atom is 0.135 e.